The standard InChI is InChI=1S/C25H32F2N2O5S2/c1-19-2-5-22(6-3-19)36(32,33)25(23-18-20(26)4-7-24(23)27)10-8-21(9-11-25)28-35(30,31)17-14-29-12-15-34-16-13-29/h2-7,18,21,28H,8-17H2,1H3. The maximum absolute atomic E-state index is 15.0. The fourth-order valence-corrected chi connectivity index (χ4v) is 8.59. The second-order valence-electron chi connectivity index (χ2n) is 9.60. The molecule has 4 rings (SSSR count). The highest BCUT2D eigenvalue weighted by Gasteiger charge is 2.50. The van der Waals surface area contributed by atoms with Gasteiger partial charge in [-0.3, -0.25) is 4.90 Å². The van der Waals surface area contributed by atoms with Crippen LogP contribution in [0.5, 0.6) is 0 Å². The third-order valence-corrected chi connectivity index (χ3v) is 11.1. The molecule has 2 aromatic rings. The first-order valence-electron chi connectivity index (χ1n) is 12.1. The summed E-state index contributed by atoms with van der Waals surface area (Å²) in [5.74, 6) is -1.60. The van der Waals surface area contributed by atoms with Crippen LogP contribution < -0.4 is 4.72 Å². The minimum Gasteiger partial charge on any atom is -0.379 e. The van der Waals surface area contributed by atoms with E-state index in [0.29, 0.717) is 32.8 Å². The molecule has 11 heteroatoms. The van der Waals surface area contributed by atoms with Crippen molar-refractivity contribution in [3.05, 3.63) is 65.2 Å². The fraction of sp³-hybridized carbons (Fsp3) is 0.520. The Hall–Kier alpha value is -1.92. The monoisotopic (exact) mass is 542 g/mol. The van der Waals surface area contributed by atoms with Gasteiger partial charge in [-0.25, -0.2) is 30.3 Å². The summed E-state index contributed by atoms with van der Waals surface area (Å²) in [6.45, 7) is 4.71. The summed E-state index contributed by atoms with van der Waals surface area (Å²) in [5.41, 5.74) is 0.659. The minimum absolute atomic E-state index is 0.0290. The van der Waals surface area contributed by atoms with Gasteiger partial charge in [-0.05, 0) is 62.9 Å². The molecule has 7 nitrogen and oxygen atoms in total. The summed E-state index contributed by atoms with van der Waals surface area (Å²) < 4.78 is 88.7. The summed E-state index contributed by atoms with van der Waals surface area (Å²) in [6.07, 6.45) is 0.274. The molecule has 0 spiro atoms. The van der Waals surface area contributed by atoms with Crippen LogP contribution in [-0.4, -0.2) is 66.4 Å². The smallest absolute Gasteiger partial charge is 0.213 e. The third-order valence-electron chi connectivity index (χ3n) is 7.18. The molecule has 1 saturated heterocycles. The quantitative estimate of drug-likeness (QED) is 0.551. The largest absolute Gasteiger partial charge is 0.379 e. The van der Waals surface area contributed by atoms with Gasteiger partial charge in [-0.2, -0.15) is 0 Å². The Kier molecular flexibility index (Phi) is 8.16. The van der Waals surface area contributed by atoms with Gasteiger partial charge in [0.05, 0.1) is 23.9 Å². The molecule has 1 heterocycles. The van der Waals surface area contributed by atoms with E-state index in [2.05, 4.69) is 4.72 Å². The Bertz CT molecular complexity index is 1270. The lowest BCUT2D eigenvalue weighted by Crippen LogP contribution is -2.47. The molecule has 1 saturated carbocycles. The number of sulfonamides is 1. The van der Waals surface area contributed by atoms with Gasteiger partial charge >= 0.3 is 0 Å². The molecule has 0 amide bonds. The topological polar surface area (TPSA) is 92.8 Å². The van der Waals surface area contributed by atoms with E-state index >= 15 is 0 Å². The van der Waals surface area contributed by atoms with Crippen LogP contribution in [0.1, 0.15) is 36.8 Å². The summed E-state index contributed by atoms with van der Waals surface area (Å²) >= 11 is 0. The molecule has 0 atom stereocenters. The number of morpholine rings is 1. The molecule has 2 fully saturated rings. The predicted molar refractivity (Wildman–Crippen MR) is 133 cm³/mol. The lowest BCUT2D eigenvalue weighted by atomic mass is 9.80. The zero-order valence-corrected chi connectivity index (χ0v) is 21.9. The number of hydrogen-bond acceptors (Lipinski definition) is 6. The lowest BCUT2D eigenvalue weighted by Gasteiger charge is -2.40. The fourth-order valence-electron chi connectivity index (χ4n) is 5.06. The van der Waals surface area contributed by atoms with Crippen molar-refractivity contribution in [3.63, 3.8) is 0 Å². The molecule has 0 bridgehead atoms. The Morgan fingerprint density at radius 2 is 1.64 bits per heavy atom. The number of halogens is 2. The first-order valence-corrected chi connectivity index (χ1v) is 15.2. The van der Waals surface area contributed by atoms with E-state index in [0.717, 1.165) is 23.8 Å². The highest BCUT2D eigenvalue weighted by Crippen LogP contribution is 2.48. The van der Waals surface area contributed by atoms with Gasteiger partial charge in [0.2, 0.25) is 10.0 Å². The normalized spacial score (nSPS) is 24.0. The van der Waals surface area contributed by atoms with E-state index in [1.807, 2.05) is 11.8 Å². The van der Waals surface area contributed by atoms with Crippen LogP contribution >= 0.6 is 0 Å². The highest BCUT2D eigenvalue weighted by atomic mass is 32.2. The van der Waals surface area contributed by atoms with Crippen molar-refractivity contribution in [3.8, 4) is 0 Å². The second kappa shape index (κ2) is 10.8. The van der Waals surface area contributed by atoms with E-state index in [9.17, 15) is 25.6 Å². The van der Waals surface area contributed by atoms with E-state index in [1.54, 1.807) is 12.1 Å². The van der Waals surface area contributed by atoms with E-state index < -0.39 is 42.3 Å². The highest BCUT2D eigenvalue weighted by molar-refractivity contribution is 7.92. The number of ether oxygens (including phenoxy) is 1. The van der Waals surface area contributed by atoms with Crippen molar-refractivity contribution in [1.82, 2.24) is 9.62 Å². The van der Waals surface area contributed by atoms with Gasteiger partial charge in [0.25, 0.3) is 0 Å². The third kappa shape index (κ3) is 5.80. The van der Waals surface area contributed by atoms with Crippen LogP contribution in [0.15, 0.2) is 47.4 Å². The molecular formula is C25H32F2N2O5S2. The maximum atomic E-state index is 15.0. The average molecular weight is 543 g/mol. The number of hydrogen-bond donors (Lipinski definition) is 1. The van der Waals surface area contributed by atoms with Crippen molar-refractivity contribution >= 4 is 19.9 Å². The summed E-state index contributed by atoms with van der Waals surface area (Å²) in [6, 6.07) is 8.64. The van der Waals surface area contributed by atoms with Crippen molar-refractivity contribution in [2.24, 2.45) is 0 Å². The van der Waals surface area contributed by atoms with Gasteiger partial charge in [0.1, 0.15) is 16.4 Å². The maximum Gasteiger partial charge on any atom is 0.213 e. The van der Waals surface area contributed by atoms with Crippen LogP contribution in [-0.2, 0) is 29.3 Å². The van der Waals surface area contributed by atoms with Gasteiger partial charge in [-0.15, -0.1) is 0 Å². The predicted octanol–water partition coefficient (Wildman–Crippen LogP) is 3.14. The molecule has 0 unspecified atom stereocenters. The zero-order valence-electron chi connectivity index (χ0n) is 20.3. The van der Waals surface area contributed by atoms with Gasteiger partial charge in [0.15, 0.2) is 9.84 Å². The molecule has 0 aromatic heterocycles. The minimum atomic E-state index is -4.13. The molecule has 1 aliphatic carbocycles. The summed E-state index contributed by atoms with van der Waals surface area (Å²) in [4.78, 5) is 2.05. The Labute approximate surface area is 211 Å². The lowest BCUT2D eigenvalue weighted by molar-refractivity contribution is 0.0407. The van der Waals surface area contributed by atoms with Gasteiger partial charge in [-0.1, -0.05) is 17.7 Å². The first-order chi connectivity index (χ1) is 17.0. The second-order valence-corrected chi connectivity index (χ2v) is 13.7. The molecule has 198 valence electrons. The molecule has 1 aliphatic heterocycles. The molecule has 2 aliphatic rings. The van der Waals surface area contributed by atoms with Crippen molar-refractivity contribution in [2.75, 3.05) is 38.6 Å². The number of sulfone groups is 1. The van der Waals surface area contributed by atoms with Gasteiger partial charge < -0.3 is 4.74 Å². The van der Waals surface area contributed by atoms with Crippen LogP contribution in [0.3, 0.4) is 0 Å². The molecule has 2 aromatic carbocycles. The van der Waals surface area contributed by atoms with Crippen molar-refractivity contribution < 1.29 is 30.4 Å². The van der Waals surface area contributed by atoms with Crippen molar-refractivity contribution in [2.45, 2.75) is 48.3 Å². The van der Waals surface area contributed by atoms with Crippen molar-refractivity contribution in [1.29, 1.82) is 0 Å². The summed E-state index contributed by atoms with van der Waals surface area (Å²) in [5, 5.41) is 0. The van der Waals surface area contributed by atoms with Crippen LogP contribution in [0.25, 0.3) is 0 Å². The first kappa shape index (κ1) is 27.1. The summed E-state index contributed by atoms with van der Waals surface area (Å²) in [7, 11) is -7.73. The molecular weight excluding hydrogens is 510 g/mol. The number of rotatable bonds is 8. The Morgan fingerprint density at radius 1 is 1.00 bits per heavy atom. The molecule has 1 N–H and O–H groups in total. The van der Waals surface area contributed by atoms with E-state index in [-0.39, 0.29) is 41.9 Å². The number of nitrogens with zero attached hydrogens (tertiary/aromatic N) is 1. The molecule has 36 heavy (non-hydrogen) atoms. The van der Waals surface area contributed by atoms with Gasteiger partial charge in [0, 0.05) is 31.2 Å². The Morgan fingerprint density at radius 3 is 2.28 bits per heavy atom. The average Bonchev–Trinajstić information content (AvgIpc) is 2.85. The van der Waals surface area contributed by atoms with Crippen LogP contribution in [0.2, 0.25) is 0 Å². The Balaban J connectivity index is 1.56. The van der Waals surface area contributed by atoms with E-state index in [4.69, 9.17) is 4.74 Å². The number of aryl methyl sites for hydroxylation is 1. The molecule has 0 radical (unpaired) electrons. The number of nitrogens with one attached hydrogen (secondary N) is 1. The van der Waals surface area contributed by atoms with Crippen LogP contribution in [0.4, 0.5) is 8.78 Å². The van der Waals surface area contributed by atoms with E-state index in [1.165, 1.54) is 12.1 Å². The SMILES string of the molecule is Cc1ccc(S(=O)(=O)C2(c3cc(F)ccc3F)CCC(NS(=O)(=O)CCN3CCOCC3)CC2)cc1. The zero-order chi connectivity index (χ0) is 26.0. The number of benzene rings is 2. The van der Waals surface area contributed by atoms with Crippen LogP contribution in [0, 0.1) is 18.6 Å².